The SMILES string of the molecule is CCCCCCCCCCC(C(=O)OCCCC)=C(CCCCCCCC)C(=O)OCCCC. The van der Waals surface area contributed by atoms with E-state index in [0.717, 1.165) is 51.4 Å². The van der Waals surface area contributed by atoms with Gasteiger partial charge in [-0.15, -0.1) is 0 Å². The molecule has 4 heteroatoms. The van der Waals surface area contributed by atoms with Crippen molar-refractivity contribution in [1.82, 2.24) is 0 Å². The fraction of sp³-hybridized carbons (Fsp3) is 0.867. The van der Waals surface area contributed by atoms with Gasteiger partial charge in [-0.2, -0.15) is 0 Å². The summed E-state index contributed by atoms with van der Waals surface area (Å²) in [6.45, 7) is 9.47. The number of hydrogen-bond donors (Lipinski definition) is 0. The lowest BCUT2D eigenvalue weighted by Gasteiger charge is -2.15. The van der Waals surface area contributed by atoms with Gasteiger partial charge >= 0.3 is 11.9 Å². The molecule has 0 aromatic rings. The predicted molar refractivity (Wildman–Crippen MR) is 144 cm³/mol. The Morgan fingerprint density at radius 1 is 0.412 bits per heavy atom. The van der Waals surface area contributed by atoms with Crippen molar-refractivity contribution in [1.29, 1.82) is 0 Å². The summed E-state index contributed by atoms with van der Waals surface area (Å²) in [5.74, 6) is -0.603. The zero-order chi connectivity index (χ0) is 25.3. The second-order valence-electron chi connectivity index (χ2n) is 9.68. The molecule has 0 spiro atoms. The third-order valence-corrected chi connectivity index (χ3v) is 6.38. The Morgan fingerprint density at radius 2 is 0.706 bits per heavy atom. The first-order valence-corrected chi connectivity index (χ1v) is 14.7. The van der Waals surface area contributed by atoms with E-state index in [1.807, 2.05) is 0 Å². The van der Waals surface area contributed by atoms with Crippen LogP contribution < -0.4 is 0 Å². The van der Waals surface area contributed by atoms with E-state index in [4.69, 9.17) is 9.47 Å². The minimum Gasteiger partial charge on any atom is -0.462 e. The summed E-state index contributed by atoms with van der Waals surface area (Å²) in [5.41, 5.74) is 1.16. The maximum atomic E-state index is 13.0. The first-order chi connectivity index (χ1) is 16.6. The summed E-state index contributed by atoms with van der Waals surface area (Å²) in [5, 5.41) is 0. The molecule has 0 saturated heterocycles. The van der Waals surface area contributed by atoms with E-state index in [1.54, 1.807) is 0 Å². The number of carbonyl (C=O) groups excluding carboxylic acids is 2. The van der Waals surface area contributed by atoms with Crippen molar-refractivity contribution in [3.8, 4) is 0 Å². The fourth-order valence-electron chi connectivity index (χ4n) is 4.06. The highest BCUT2D eigenvalue weighted by Crippen LogP contribution is 2.23. The quantitative estimate of drug-likeness (QED) is 0.0784. The summed E-state index contributed by atoms with van der Waals surface area (Å²) in [4.78, 5) is 26.0. The van der Waals surface area contributed by atoms with Crippen LogP contribution in [0.5, 0.6) is 0 Å². The van der Waals surface area contributed by atoms with Crippen LogP contribution in [0.4, 0.5) is 0 Å². The van der Waals surface area contributed by atoms with Gasteiger partial charge in [-0.05, 0) is 38.5 Å². The van der Waals surface area contributed by atoms with E-state index in [-0.39, 0.29) is 11.9 Å². The molecule has 0 radical (unpaired) electrons. The Morgan fingerprint density at radius 3 is 1.03 bits per heavy atom. The molecule has 0 rings (SSSR count). The van der Waals surface area contributed by atoms with E-state index in [0.29, 0.717) is 37.2 Å². The zero-order valence-corrected chi connectivity index (χ0v) is 23.2. The molecule has 4 nitrogen and oxygen atoms in total. The van der Waals surface area contributed by atoms with Gasteiger partial charge in [0.25, 0.3) is 0 Å². The Bertz CT molecular complexity index is 524. The van der Waals surface area contributed by atoms with Gasteiger partial charge in [0.1, 0.15) is 0 Å². The number of hydrogen-bond acceptors (Lipinski definition) is 4. The molecule has 0 aliphatic rings. The number of esters is 2. The molecule has 0 fully saturated rings. The second-order valence-corrected chi connectivity index (χ2v) is 9.68. The number of unbranched alkanes of at least 4 members (excludes halogenated alkanes) is 14. The molecule has 0 aliphatic heterocycles. The van der Waals surface area contributed by atoms with Crippen LogP contribution in [0.25, 0.3) is 0 Å². The smallest absolute Gasteiger partial charge is 0.334 e. The highest BCUT2D eigenvalue weighted by molar-refractivity contribution is 6.00. The van der Waals surface area contributed by atoms with Crippen molar-refractivity contribution in [3.05, 3.63) is 11.1 Å². The summed E-state index contributed by atoms with van der Waals surface area (Å²) in [7, 11) is 0. The van der Waals surface area contributed by atoms with E-state index in [9.17, 15) is 9.59 Å². The number of ether oxygens (including phenoxy) is 2. The van der Waals surface area contributed by atoms with Gasteiger partial charge in [-0.1, -0.05) is 118 Å². The standard InChI is InChI=1S/C30H56O4/c1-5-9-13-15-17-18-20-22-24-28(30(32)34-26-12-8-4)27(29(31)33-25-11-7-3)23-21-19-16-14-10-6-2/h5-26H2,1-4H3. The Balaban J connectivity index is 5.19. The van der Waals surface area contributed by atoms with Crippen LogP contribution in [0.15, 0.2) is 11.1 Å². The van der Waals surface area contributed by atoms with Crippen molar-refractivity contribution in [3.63, 3.8) is 0 Å². The average molecular weight is 481 g/mol. The lowest BCUT2D eigenvalue weighted by atomic mass is 9.96. The molecule has 0 aliphatic carbocycles. The van der Waals surface area contributed by atoms with Crippen LogP contribution in [-0.4, -0.2) is 25.2 Å². The fourth-order valence-corrected chi connectivity index (χ4v) is 4.06. The molecular weight excluding hydrogens is 424 g/mol. The normalized spacial score (nSPS) is 11.9. The summed E-state index contributed by atoms with van der Waals surface area (Å²) in [6, 6.07) is 0. The van der Waals surface area contributed by atoms with Gasteiger partial charge in [0.15, 0.2) is 0 Å². The van der Waals surface area contributed by atoms with Gasteiger partial charge in [-0.3, -0.25) is 0 Å². The molecule has 200 valence electrons. The van der Waals surface area contributed by atoms with E-state index in [1.165, 1.54) is 64.2 Å². The van der Waals surface area contributed by atoms with E-state index in [2.05, 4.69) is 27.7 Å². The number of rotatable bonds is 24. The van der Waals surface area contributed by atoms with Crippen molar-refractivity contribution in [2.45, 2.75) is 156 Å². The van der Waals surface area contributed by atoms with Crippen molar-refractivity contribution in [2.24, 2.45) is 0 Å². The van der Waals surface area contributed by atoms with Gasteiger partial charge in [-0.25, -0.2) is 9.59 Å². The highest BCUT2D eigenvalue weighted by atomic mass is 16.5. The maximum Gasteiger partial charge on any atom is 0.334 e. The topological polar surface area (TPSA) is 52.6 Å². The Kier molecular flexibility index (Phi) is 23.8. The van der Waals surface area contributed by atoms with Crippen LogP contribution in [0.2, 0.25) is 0 Å². The maximum absolute atomic E-state index is 13.0. The Labute approximate surface area is 211 Å². The minimum absolute atomic E-state index is 0.301. The van der Waals surface area contributed by atoms with Crippen LogP contribution in [0, 0.1) is 0 Å². The van der Waals surface area contributed by atoms with Crippen molar-refractivity contribution in [2.75, 3.05) is 13.2 Å². The highest BCUT2D eigenvalue weighted by Gasteiger charge is 2.23. The third-order valence-electron chi connectivity index (χ3n) is 6.38. The van der Waals surface area contributed by atoms with Gasteiger partial charge in [0.05, 0.1) is 13.2 Å². The molecule has 0 amide bonds. The molecule has 0 unspecified atom stereocenters. The number of carbonyl (C=O) groups is 2. The van der Waals surface area contributed by atoms with E-state index < -0.39 is 0 Å². The summed E-state index contributed by atoms with van der Waals surface area (Å²) in [6.07, 6.45) is 21.5. The first kappa shape index (κ1) is 32.7. The third kappa shape index (κ3) is 18.1. The van der Waals surface area contributed by atoms with E-state index >= 15 is 0 Å². The minimum atomic E-state index is -0.302. The zero-order valence-electron chi connectivity index (χ0n) is 23.2. The molecule has 0 heterocycles. The summed E-state index contributed by atoms with van der Waals surface area (Å²) >= 11 is 0. The Hall–Kier alpha value is -1.32. The largest absolute Gasteiger partial charge is 0.462 e. The first-order valence-electron chi connectivity index (χ1n) is 14.7. The average Bonchev–Trinajstić information content (AvgIpc) is 2.83. The molecule has 0 aromatic heterocycles. The molecule has 0 atom stereocenters. The van der Waals surface area contributed by atoms with Gasteiger partial charge < -0.3 is 9.47 Å². The van der Waals surface area contributed by atoms with Crippen LogP contribution in [-0.2, 0) is 19.1 Å². The van der Waals surface area contributed by atoms with Crippen LogP contribution in [0.1, 0.15) is 156 Å². The lowest BCUT2D eigenvalue weighted by molar-refractivity contribution is -0.142. The van der Waals surface area contributed by atoms with Crippen molar-refractivity contribution >= 4 is 11.9 Å². The molecule has 0 saturated carbocycles. The van der Waals surface area contributed by atoms with Gasteiger partial charge in [0, 0.05) is 11.1 Å². The molecular formula is C30H56O4. The lowest BCUT2D eigenvalue weighted by Crippen LogP contribution is -2.18. The second kappa shape index (κ2) is 24.8. The predicted octanol–water partition coefficient (Wildman–Crippen LogP) is 9.25. The van der Waals surface area contributed by atoms with Crippen LogP contribution in [0.3, 0.4) is 0 Å². The van der Waals surface area contributed by atoms with Crippen molar-refractivity contribution < 1.29 is 19.1 Å². The molecule has 34 heavy (non-hydrogen) atoms. The molecule has 0 N–H and O–H groups in total. The molecule has 0 aromatic carbocycles. The monoisotopic (exact) mass is 480 g/mol. The van der Waals surface area contributed by atoms with Gasteiger partial charge in [0.2, 0.25) is 0 Å². The van der Waals surface area contributed by atoms with Crippen LogP contribution >= 0.6 is 0 Å². The summed E-state index contributed by atoms with van der Waals surface area (Å²) < 4.78 is 11.2. The molecule has 0 bridgehead atoms.